The molecule has 0 fully saturated rings. The van der Waals surface area contributed by atoms with Gasteiger partial charge < -0.3 is 4.74 Å². The van der Waals surface area contributed by atoms with Crippen LogP contribution in [0.4, 0.5) is 0 Å². The Morgan fingerprint density at radius 3 is 2.35 bits per heavy atom. The van der Waals surface area contributed by atoms with Crippen molar-refractivity contribution >= 4 is 34.8 Å². The summed E-state index contributed by atoms with van der Waals surface area (Å²) >= 11 is 17.8. The highest BCUT2D eigenvalue weighted by molar-refractivity contribution is 6.34. The maximum Gasteiger partial charge on any atom is 0.168 e. The number of hydrogen-bond acceptors (Lipinski definition) is 3. The monoisotopic (exact) mass is 330 g/mol. The van der Waals surface area contributed by atoms with Gasteiger partial charge in [0.05, 0.1) is 12.1 Å². The van der Waals surface area contributed by atoms with E-state index < -0.39 is 0 Å². The summed E-state index contributed by atoms with van der Waals surface area (Å²) in [5.74, 6) is 2.23. The third-order valence-corrected chi connectivity index (χ3v) is 3.24. The molecule has 0 unspecified atom stereocenters. The highest BCUT2D eigenvalue weighted by Crippen LogP contribution is 2.30. The van der Waals surface area contributed by atoms with Crippen LogP contribution in [0.15, 0.2) is 24.4 Å². The number of rotatable bonds is 4. The van der Waals surface area contributed by atoms with E-state index in [0.717, 1.165) is 5.82 Å². The topological polar surface area (TPSA) is 35.0 Å². The standard InChI is InChI=1S/C14H13Cl3N2O/c1-8(2)14-18-7-13(12(6-15)19-14)20-11-4-9(16)3-10(17)5-11/h3-5,7-8H,6H2,1-2H3. The van der Waals surface area contributed by atoms with E-state index in [1.54, 1.807) is 24.4 Å². The molecule has 0 saturated heterocycles. The van der Waals surface area contributed by atoms with Crippen LogP contribution in [0.2, 0.25) is 10.0 Å². The summed E-state index contributed by atoms with van der Waals surface area (Å²) in [7, 11) is 0. The normalized spacial score (nSPS) is 10.9. The van der Waals surface area contributed by atoms with Crippen molar-refractivity contribution in [2.45, 2.75) is 25.6 Å². The minimum Gasteiger partial charge on any atom is -0.454 e. The van der Waals surface area contributed by atoms with E-state index >= 15 is 0 Å². The second-order valence-corrected chi connectivity index (χ2v) is 5.67. The van der Waals surface area contributed by atoms with Crippen molar-refractivity contribution in [3.05, 3.63) is 46.0 Å². The number of hydrogen-bond donors (Lipinski definition) is 0. The van der Waals surface area contributed by atoms with E-state index in [-0.39, 0.29) is 11.8 Å². The Bertz CT molecular complexity index is 597. The molecule has 1 aromatic heterocycles. The summed E-state index contributed by atoms with van der Waals surface area (Å²) in [6, 6.07) is 4.97. The average Bonchev–Trinajstić information content (AvgIpc) is 2.37. The lowest BCUT2D eigenvalue weighted by Crippen LogP contribution is -2.02. The highest BCUT2D eigenvalue weighted by atomic mass is 35.5. The molecule has 0 N–H and O–H groups in total. The largest absolute Gasteiger partial charge is 0.454 e. The fraction of sp³-hybridized carbons (Fsp3) is 0.286. The molecule has 0 radical (unpaired) electrons. The Morgan fingerprint density at radius 1 is 1.15 bits per heavy atom. The molecule has 0 aliphatic carbocycles. The van der Waals surface area contributed by atoms with Gasteiger partial charge in [0, 0.05) is 16.0 Å². The van der Waals surface area contributed by atoms with E-state index in [9.17, 15) is 0 Å². The molecule has 3 nitrogen and oxygen atoms in total. The van der Waals surface area contributed by atoms with Gasteiger partial charge >= 0.3 is 0 Å². The SMILES string of the molecule is CC(C)c1ncc(Oc2cc(Cl)cc(Cl)c2)c(CCl)n1. The molecule has 2 aromatic rings. The van der Waals surface area contributed by atoms with Crippen LogP contribution >= 0.6 is 34.8 Å². The minimum atomic E-state index is 0.228. The lowest BCUT2D eigenvalue weighted by Gasteiger charge is -2.11. The maximum absolute atomic E-state index is 5.94. The van der Waals surface area contributed by atoms with Gasteiger partial charge in [0.25, 0.3) is 0 Å². The maximum atomic E-state index is 5.94. The summed E-state index contributed by atoms with van der Waals surface area (Å²) in [6.45, 7) is 4.04. The Balaban J connectivity index is 2.33. The molecule has 2 rings (SSSR count). The molecular formula is C14H13Cl3N2O. The number of alkyl halides is 1. The average molecular weight is 332 g/mol. The van der Waals surface area contributed by atoms with Crippen LogP contribution in [0.1, 0.15) is 31.3 Å². The molecule has 0 saturated carbocycles. The molecule has 6 heteroatoms. The van der Waals surface area contributed by atoms with Crippen LogP contribution in [0.5, 0.6) is 11.5 Å². The zero-order chi connectivity index (χ0) is 14.7. The van der Waals surface area contributed by atoms with Gasteiger partial charge in [-0.05, 0) is 18.2 Å². The zero-order valence-corrected chi connectivity index (χ0v) is 13.3. The van der Waals surface area contributed by atoms with Gasteiger partial charge in [-0.25, -0.2) is 9.97 Å². The van der Waals surface area contributed by atoms with Crippen molar-refractivity contribution in [2.24, 2.45) is 0 Å². The van der Waals surface area contributed by atoms with E-state index in [1.165, 1.54) is 0 Å². The smallest absolute Gasteiger partial charge is 0.168 e. The number of benzene rings is 1. The lowest BCUT2D eigenvalue weighted by molar-refractivity contribution is 0.470. The van der Waals surface area contributed by atoms with Crippen molar-refractivity contribution in [1.82, 2.24) is 9.97 Å². The summed E-state index contributed by atoms with van der Waals surface area (Å²) in [4.78, 5) is 8.66. The van der Waals surface area contributed by atoms with Gasteiger partial charge in [0.1, 0.15) is 17.3 Å². The van der Waals surface area contributed by atoms with Gasteiger partial charge in [-0.1, -0.05) is 37.0 Å². The Labute approximate surface area is 132 Å². The summed E-state index contributed by atoms with van der Waals surface area (Å²) in [5, 5.41) is 0.999. The molecule has 1 heterocycles. The molecule has 0 bridgehead atoms. The van der Waals surface area contributed by atoms with Crippen molar-refractivity contribution in [2.75, 3.05) is 0 Å². The molecule has 1 aromatic carbocycles. The molecule has 0 spiro atoms. The van der Waals surface area contributed by atoms with Crippen LogP contribution in [0, 0.1) is 0 Å². The van der Waals surface area contributed by atoms with Crippen LogP contribution < -0.4 is 4.74 Å². The van der Waals surface area contributed by atoms with Gasteiger partial charge in [0.2, 0.25) is 0 Å². The molecule has 0 atom stereocenters. The third-order valence-electron chi connectivity index (χ3n) is 2.55. The van der Waals surface area contributed by atoms with Gasteiger partial charge in [0.15, 0.2) is 5.75 Å². The van der Waals surface area contributed by atoms with Crippen LogP contribution in [0.25, 0.3) is 0 Å². The van der Waals surface area contributed by atoms with Gasteiger partial charge in [-0.3, -0.25) is 0 Å². The predicted molar refractivity (Wildman–Crippen MR) is 82.2 cm³/mol. The molecule has 0 aliphatic heterocycles. The van der Waals surface area contributed by atoms with E-state index in [1.807, 2.05) is 13.8 Å². The van der Waals surface area contributed by atoms with E-state index in [2.05, 4.69) is 9.97 Å². The van der Waals surface area contributed by atoms with Crippen molar-refractivity contribution in [3.8, 4) is 11.5 Å². The quantitative estimate of drug-likeness (QED) is 0.700. The summed E-state index contributed by atoms with van der Waals surface area (Å²) < 4.78 is 5.72. The predicted octanol–water partition coefficient (Wildman–Crippen LogP) is 5.44. The fourth-order valence-corrected chi connectivity index (χ4v) is 2.29. The fourth-order valence-electron chi connectivity index (χ4n) is 1.60. The van der Waals surface area contributed by atoms with Crippen LogP contribution in [0.3, 0.4) is 0 Å². The second-order valence-electron chi connectivity index (χ2n) is 4.53. The van der Waals surface area contributed by atoms with Crippen molar-refractivity contribution in [1.29, 1.82) is 0 Å². The second kappa shape index (κ2) is 6.61. The molecule has 0 aliphatic rings. The molecule has 0 amide bonds. The first-order valence-electron chi connectivity index (χ1n) is 6.05. The summed E-state index contributed by atoms with van der Waals surface area (Å²) in [5.41, 5.74) is 0.640. The zero-order valence-electron chi connectivity index (χ0n) is 11.0. The van der Waals surface area contributed by atoms with Gasteiger partial charge in [-0.15, -0.1) is 11.6 Å². The van der Waals surface area contributed by atoms with Crippen LogP contribution in [-0.2, 0) is 5.88 Å². The Hall–Kier alpha value is -1.03. The first kappa shape index (κ1) is 15.4. The number of halogens is 3. The Kier molecular flexibility index (Phi) is 5.08. The first-order valence-corrected chi connectivity index (χ1v) is 7.34. The molecule has 106 valence electrons. The Morgan fingerprint density at radius 2 is 1.80 bits per heavy atom. The molecule has 20 heavy (non-hydrogen) atoms. The minimum absolute atomic E-state index is 0.228. The van der Waals surface area contributed by atoms with Crippen molar-refractivity contribution < 1.29 is 4.74 Å². The van der Waals surface area contributed by atoms with E-state index in [0.29, 0.717) is 27.2 Å². The number of ether oxygens (including phenoxy) is 1. The highest BCUT2D eigenvalue weighted by Gasteiger charge is 2.11. The number of nitrogens with zero attached hydrogens (tertiary/aromatic N) is 2. The lowest BCUT2D eigenvalue weighted by atomic mass is 10.2. The van der Waals surface area contributed by atoms with Crippen molar-refractivity contribution in [3.63, 3.8) is 0 Å². The molecular weight excluding hydrogens is 319 g/mol. The third kappa shape index (κ3) is 3.75. The first-order chi connectivity index (χ1) is 9.49. The van der Waals surface area contributed by atoms with Gasteiger partial charge in [-0.2, -0.15) is 0 Å². The number of aromatic nitrogens is 2. The van der Waals surface area contributed by atoms with E-state index in [4.69, 9.17) is 39.5 Å². The van der Waals surface area contributed by atoms with Crippen LogP contribution in [-0.4, -0.2) is 9.97 Å². The summed E-state index contributed by atoms with van der Waals surface area (Å²) in [6.07, 6.45) is 1.62.